The van der Waals surface area contributed by atoms with Crippen molar-refractivity contribution < 1.29 is 14.3 Å². The van der Waals surface area contributed by atoms with Gasteiger partial charge in [0, 0.05) is 14.2 Å². The van der Waals surface area contributed by atoms with Crippen LogP contribution in [0.1, 0.15) is 0 Å². The highest BCUT2D eigenvalue weighted by Crippen LogP contribution is 1.78. The van der Waals surface area contributed by atoms with Crippen LogP contribution in [0.2, 0.25) is 0 Å². The van der Waals surface area contributed by atoms with Crippen molar-refractivity contribution in [3.05, 3.63) is 0 Å². The Balaban J connectivity index is 2.95. The van der Waals surface area contributed by atoms with Crippen molar-refractivity contribution in [1.82, 2.24) is 4.90 Å². The van der Waals surface area contributed by atoms with Crippen LogP contribution in [0.15, 0.2) is 0 Å². The SMILES string of the molecule is COCCOCN(C)C=O. The first kappa shape index (κ1) is 9.39. The molecule has 0 aromatic rings. The molecule has 0 heterocycles. The van der Waals surface area contributed by atoms with Crippen molar-refractivity contribution in [2.45, 2.75) is 0 Å². The fourth-order valence-electron chi connectivity index (χ4n) is 0.381. The average molecular weight is 147 g/mol. The Hall–Kier alpha value is -0.610. The molecular weight excluding hydrogens is 134 g/mol. The van der Waals surface area contributed by atoms with E-state index < -0.39 is 0 Å². The van der Waals surface area contributed by atoms with E-state index in [9.17, 15) is 4.79 Å². The summed E-state index contributed by atoms with van der Waals surface area (Å²) in [6.45, 7) is 1.41. The van der Waals surface area contributed by atoms with Gasteiger partial charge in [-0.1, -0.05) is 0 Å². The van der Waals surface area contributed by atoms with Crippen molar-refractivity contribution in [1.29, 1.82) is 0 Å². The van der Waals surface area contributed by atoms with Gasteiger partial charge in [0.15, 0.2) is 0 Å². The summed E-state index contributed by atoms with van der Waals surface area (Å²) in [4.78, 5) is 11.4. The summed E-state index contributed by atoms with van der Waals surface area (Å²) >= 11 is 0. The normalized spacial score (nSPS) is 9.40. The Bertz CT molecular complexity index is 87.1. The summed E-state index contributed by atoms with van der Waals surface area (Å²) in [6, 6.07) is 0. The molecule has 60 valence electrons. The van der Waals surface area contributed by atoms with Gasteiger partial charge < -0.3 is 14.4 Å². The lowest BCUT2D eigenvalue weighted by Gasteiger charge is -2.09. The predicted octanol–water partition coefficient (Wildman–Crippen LogP) is -0.305. The zero-order valence-electron chi connectivity index (χ0n) is 6.37. The smallest absolute Gasteiger partial charge is 0.211 e. The maximum atomic E-state index is 9.98. The van der Waals surface area contributed by atoms with E-state index in [1.165, 1.54) is 4.90 Å². The zero-order valence-corrected chi connectivity index (χ0v) is 6.37. The van der Waals surface area contributed by atoms with Crippen LogP contribution in [0.25, 0.3) is 0 Å². The fourth-order valence-corrected chi connectivity index (χ4v) is 0.381. The topological polar surface area (TPSA) is 38.8 Å². The van der Waals surface area contributed by atoms with E-state index in [1.54, 1.807) is 14.2 Å². The average Bonchev–Trinajstić information content (AvgIpc) is 1.98. The second kappa shape index (κ2) is 6.51. The number of hydrogen-bond acceptors (Lipinski definition) is 3. The van der Waals surface area contributed by atoms with Crippen LogP contribution in [-0.2, 0) is 14.3 Å². The monoisotopic (exact) mass is 147 g/mol. The van der Waals surface area contributed by atoms with Crippen LogP contribution in [0.4, 0.5) is 0 Å². The van der Waals surface area contributed by atoms with E-state index in [-0.39, 0.29) is 0 Å². The molecule has 0 bridgehead atoms. The molecule has 4 nitrogen and oxygen atoms in total. The first-order valence-electron chi connectivity index (χ1n) is 3.03. The molecule has 0 fully saturated rings. The second-order valence-corrected chi connectivity index (χ2v) is 1.89. The maximum absolute atomic E-state index is 9.98. The highest BCUT2D eigenvalue weighted by molar-refractivity contribution is 5.45. The van der Waals surface area contributed by atoms with Crippen LogP contribution in [0.5, 0.6) is 0 Å². The molecule has 0 spiro atoms. The Labute approximate surface area is 60.7 Å². The predicted molar refractivity (Wildman–Crippen MR) is 36.5 cm³/mol. The first-order valence-corrected chi connectivity index (χ1v) is 3.03. The molecule has 0 aromatic heterocycles. The summed E-state index contributed by atoms with van der Waals surface area (Å²) in [5.74, 6) is 0. The zero-order chi connectivity index (χ0) is 7.82. The van der Waals surface area contributed by atoms with Crippen LogP contribution in [0, 0.1) is 0 Å². The molecule has 0 rings (SSSR count). The van der Waals surface area contributed by atoms with Gasteiger partial charge in [-0.05, 0) is 0 Å². The highest BCUT2D eigenvalue weighted by atomic mass is 16.5. The van der Waals surface area contributed by atoms with Gasteiger partial charge in [-0.25, -0.2) is 0 Å². The summed E-state index contributed by atoms with van der Waals surface area (Å²) in [6.07, 6.45) is 0.715. The molecule has 0 radical (unpaired) electrons. The van der Waals surface area contributed by atoms with Gasteiger partial charge in [-0.3, -0.25) is 4.79 Å². The van der Waals surface area contributed by atoms with Gasteiger partial charge in [0.05, 0.1) is 13.2 Å². The van der Waals surface area contributed by atoms with Gasteiger partial charge in [0.25, 0.3) is 0 Å². The summed E-state index contributed by atoms with van der Waals surface area (Å²) in [7, 11) is 3.26. The number of amides is 1. The molecule has 0 atom stereocenters. The quantitative estimate of drug-likeness (QED) is 0.294. The summed E-state index contributed by atoms with van der Waals surface area (Å²) in [5, 5.41) is 0. The molecule has 0 saturated heterocycles. The van der Waals surface area contributed by atoms with Gasteiger partial charge in [-0.2, -0.15) is 0 Å². The van der Waals surface area contributed by atoms with Crippen LogP contribution >= 0.6 is 0 Å². The van der Waals surface area contributed by atoms with Gasteiger partial charge in [0.2, 0.25) is 6.41 Å². The molecule has 0 saturated carbocycles. The Morgan fingerprint density at radius 3 is 2.70 bits per heavy atom. The van der Waals surface area contributed by atoms with E-state index in [0.29, 0.717) is 26.4 Å². The number of nitrogens with zero attached hydrogens (tertiary/aromatic N) is 1. The second-order valence-electron chi connectivity index (χ2n) is 1.89. The molecule has 0 aromatic carbocycles. The lowest BCUT2D eigenvalue weighted by molar-refractivity contribution is -0.122. The number of methoxy groups -OCH3 is 1. The van der Waals surface area contributed by atoms with Crippen molar-refractivity contribution in [2.75, 3.05) is 34.1 Å². The standard InChI is InChI=1S/C6H13NO3/c1-7(5-8)6-10-4-3-9-2/h5H,3-4,6H2,1-2H3. The van der Waals surface area contributed by atoms with E-state index in [0.717, 1.165) is 0 Å². The first-order chi connectivity index (χ1) is 4.81. The summed E-state index contributed by atoms with van der Waals surface area (Å²) in [5.41, 5.74) is 0. The minimum Gasteiger partial charge on any atom is -0.382 e. The number of rotatable bonds is 6. The molecule has 0 aliphatic carbocycles. The molecule has 10 heavy (non-hydrogen) atoms. The lowest BCUT2D eigenvalue weighted by atomic mass is 10.8. The van der Waals surface area contributed by atoms with Gasteiger partial charge >= 0.3 is 0 Å². The number of hydrogen-bond donors (Lipinski definition) is 0. The molecule has 0 N–H and O–H groups in total. The Kier molecular flexibility index (Phi) is 6.11. The van der Waals surface area contributed by atoms with E-state index in [4.69, 9.17) is 9.47 Å². The maximum Gasteiger partial charge on any atom is 0.211 e. The van der Waals surface area contributed by atoms with Crippen LogP contribution < -0.4 is 0 Å². The van der Waals surface area contributed by atoms with Crippen molar-refractivity contribution >= 4 is 6.41 Å². The van der Waals surface area contributed by atoms with E-state index in [1.807, 2.05) is 0 Å². The van der Waals surface area contributed by atoms with E-state index in [2.05, 4.69) is 0 Å². The van der Waals surface area contributed by atoms with E-state index >= 15 is 0 Å². The third-order valence-corrected chi connectivity index (χ3v) is 0.907. The van der Waals surface area contributed by atoms with Crippen molar-refractivity contribution in [3.63, 3.8) is 0 Å². The molecule has 0 aliphatic rings. The van der Waals surface area contributed by atoms with Crippen molar-refractivity contribution in [2.24, 2.45) is 0 Å². The highest BCUT2D eigenvalue weighted by Gasteiger charge is 1.90. The van der Waals surface area contributed by atoms with Crippen molar-refractivity contribution in [3.8, 4) is 0 Å². The van der Waals surface area contributed by atoms with Crippen LogP contribution in [0.3, 0.4) is 0 Å². The van der Waals surface area contributed by atoms with Gasteiger partial charge in [-0.15, -0.1) is 0 Å². The molecular formula is C6H13NO3. The number of carbonyl (C=O) groups is 1. The largest absolute Gasteiger partial charge is 0.382 e. The van der Waals surface area contributed by atoms with Gasteiger partial charge in [0.1, 0.15) is 6.73 Å². The van der Waals surface area contributed by atoms with Crippen LogP contribution in [-0.4, -0.2) is 45.4 Å². The molecule has 4 heteroatoms. The Morgan fingerprint density at radius 2 is 2.20 bits per heavy atom. The Morgan fingerprint density at radius 1 is 1.50 bits per heavy atom. The minimum atomic E-state index is 0.326. The lowest BCUT2D eigenvalue weighted by Crippen LogP contribution is -2.20. The summed E-state index contributed by atoms with van der Waals surface area (Å²) < 4.78 is 9.72. The molecule has 0 unspecified atom stereocenters. The number of ether oxygens (including phenoxy) is 2. The fraction of sp³-hybridized carbons (Fsp3) is 0.833. The minimum absolute atomic E-state index is 0.326. The number of carbonyl (C=O) groups excluding carboxylic acids is 1. The molecule has 0 aliphatic heterocycles. The molecule has 1 amide bonds. The third kappa shape index (κ3) is 5.53. The third-order valence-electron chi connectivity index (χ3n) is 0.907.